The highest BCUT2D eigenvalue weighted by Gasteiger charge is 2.21. The van der Waals surface area contributed by atoms with Gasteiger partial charge in [-0.3, -0.25) is 0 Å². The van der Waals surface area contributed by atoms with Gasteiger partial charge in [-0.2, -0.15) is 0 Å². The zero-order valence-corrected chi connectivity index (χ0v) is 25.7. The van der Waals surface area contributed by atoms with Crippen LogP contribution >= 0.6 is 23.2 Å². The summed E-state index contributed by atoms with van der Waals surface area (Å²) in [7, 11) is 0. The molecule has 46 heavy (non-hydrogen) atoms. The van der Waals surface area contributed by atoms with Gasteiger partial charge < -0.3 is 18.9 Å². The molecule has 0 amide bonds. The predicted molar refractivity (Wildman–Crippen MR) is 182 cm³/mol. The molecule has 7 aromatic carbocycles. The molecular weight excluding hydrogens is 623 g/mol. The van der Waals surface area contributed by atoms with Gasteiger partial charge in [0.2, 0.25) is 0 Å². The number of carbonyl (C=O) groups excluding carboxylic acids is 2. The van der Waals surface area contributed by atoms with Crippen LogP contribution in [0.15, 0.2) is 121 Å². The summed E-state index contributed by atoms with van der Waals surface area (Å²) in [5, 5.41) is 6.55. The Bertz CT molecular complexity index is 2290. The molecule has 0 atom stereocenters. The molecule has 0 saturated heterocycles. The van der Waals surface area contributed by atoms with Crippen molar-refractivity contribution in [1.82, 2.24) is 0 Å². The predicted octanol–water partition coefficient (Wildman–Crippen LogP) is 9.57. The van der Waals surface area contributed by atoms with Crippen LogP contribution < -0.4 is 18.9 Å². The van der Waals surface area contributed by atoms with E-state index in [4.69, 9.17) is 42.1 Å². The summed E-state index contributed by atoms with van der Waals surface area (Å²) in [6.45, 7) is -0.775. The van der Waals surface area contributed by atoms with Gasteiger partial charge in [-0.05, 0) is 47.2 Å². The highest BCUT2D eigenvalue weighted by molar-refractivity contribution is 6.37. The first kappa shape index (κ1) is 29.4. The Morgan fingerprint density at radius 3 is 1.65 bits per heavy atom. The summed E-state index contributed by atoms with van der Waals surface area (Å²) in [6, 6.07) is 36.8. The van der Waals surface area contributed by atoms with E-state index < -0.39 is 18.5 Å². The molecule has 0 unspecified atom stereocenters. The van der Waals surface area contributed by atoms with Gasteiger partial charge in [0.05, 0.1) is 5.02 Å². The number of fused-ring (bicyclic) bond motifs is 4. The van der Waals surface area contributed by atoms with Crippen LogP contribution in [-0.2, 0) is 9.59 Å². The number of rotatable bonds is 8. The molecule has 6 nitrogen and oxygen atoms in total. The molecule has 0 heterocycles. The first-order chi connectivity index (χ1) is 22.5. The molecule has 0 fully saturated rings. The van der Waals surface area contributed by atoms with Crippen molar-refractivity contribution in [3.63, 3.8) is 0 Å². The van der Waals surface area contributed by atoms with Crippen LogP contribution in [0.25, 0.3) is 43.1 Å². The quantitative estimate of drug-likeness (QED) is 0.0930. The molecule has 0 aliphatic rings. The van der Waals surface area contributed by atoms with Gasteiger partial charge in [0, 0.05) is 37.3 Å². The summed E-state index contributed by atoms with van der Waals surface area (Å²) in [4.78, 5) is 26.1. The molecule has 8 heteroatoms. The maximum Gasteiger partial charge on any atom is 0.349 e. The summed E-state index contributed by atoms with van der Waals surface area (Å²) >= 11 is 13.2. The van der Waals surface area contributed by atoms with Crippen LogP contribution in [0.1, 0.15) is 0 Å². The summed E-state index contributed by atoms with van der Waals surface area (Å²) in [5.74, 6) is 0.425. The Morgan fingerprint density at radius 2 is 1.02 bits per heavy atom. The second kappa shape index (κ2) is 12.6. The van der Waals surface area contributed by atoms with Crippen LogP contribution in [-0.4, -0.2) is 25.2 Å². The Labute approximate surface area is 273 Å². The highest BCUT2D eigenvalue weighted by atomic mass is 35.5. The van der Waals surface area contributed by atoms with Crippen molar-refractivity contribution < 1.29 is 28.5 Å². The molecule has 0 N–H and O–H groups in total. The Hall–Kier alpha value is -5.30. The van der Waals surface area contributed by atoms with Gasteiger partial charge in [0.25, 0.3) is 0 Å². The third-order valence-corrected chi connectivity index (χ3v) is 8.12. The van der Waals surface area contributed by atoms with Crippen LogP contribution in [0.5, 0.6) is 23.0 Å². The summed E-state index contributed by atoms with van der Waals surface area (Å²) < 4.78 is 23.7. The Balaban J connectivity index is 1.19. The smallest absolute Gasteiger partial charge is 0.349 e. The fraction of sp³-hybridized carbons (Fsp3) is 0.0526. The molecule has 0 spiro atoms. The van der Waals surface area contributed by atoms with Crippen molar-refractivity contribution in [2.24, 2.45) is 0 Å². The lowest BCUT2D eigenvalue weighted by Gasteiger charge is -2.18. The van der Waals surface area contributed by atoms with Gasteiger partial charge in [0.15, 0.2) is 13.2 Å². The SMILES string of the molecule is O=C(COc1c2ccc(Cl)cc2c(OCC(=O)Oc2cccc3ccccc23)c2c(Cl)cccc12)Oc1cccc2ccccc12. The number of hydrogen-bond acceptors (Lipinski definition) is 6. The first-order valence-electron chi connectivity index (χ1n) is 14.4. The van der Waals surface area contributed by atoms with E-state index in [2.05, 4.69) is 0 Å². The van der Waals surface area contributed by atoms with E-state index in [1.165, 1.54) is 0 Å². The fourth-order valence-electron chi connectivity index (χ4n) is 5.57. The molecule has 7 aromatic rings. The van der Waals surface area contributed by atoms with Gasteiger partial charge >= 0.3 is 11.9 Å². The van der Waals surface area contributed by atoms with Gasteiger partial charge in [-0.25, -0.2) is 9.59 Å². The molecule has 0 aromatic heterocycles. The lowest BCUT2D eigenvalue weighted by molar-refractivity contribution is -0.137. The lowest BCUT2D eigenvalue weighted by Crippen LogP contribution is -2.19. The minimum atomic E-state index is -0.594. The zero-order valence-electron chi connectivity index (χ0n) is 24.2. The van der Waals surface area contributed by atoms with Crippen molar-refractivity contribution in [3.8, 4) is 23.0 Å². The number of esters is 2. The molecular formula is C38H24Cl2O6. The molecule has 226 valence electrons. The molecule has 0 radical (unpaired) electrons. The molecule has 7 rings (SSSR count). The molecule has 0 bridgehead atoms. The van der Waals surface area contributed by atoms with Crippen LogP contribution in [0.3, 0.4) is 0 Å². The molecule has 0 aliphatic carbocycles. The van der Waals surface area contributed by atoms with Crippen LogP contribution in [0.4, 0.5) is 0 Å². The topological polar surface area (TPSA) is 71.1 Å². The Morgan fingerprint density at radius 1 is 0.500 bits per heavy atom. The fourth-order valence-corrected chi connectivity index (χ4v) is 6.00. The van der Waals surface area contributed by atoms with E-state index in [1.54, 1.807) is 42.5 Å². The van der Waals surface area contributed by atoms with E-state index in [0.29, 0.717) is 54.6 Å². The second-order valence-corrected chi connectivity index (χ2v) is 11.3. The van der Waals surface area contributed by atoms with Gasteiger partial charge in [-0.1, -0.05) is 108 Å². The minimum Gasteiger partial charge on any atom is -0.481 e. The second-order valence-electron chi connectivity index (χ2n) is 10.5. The van der Waals surface area contributed by atoms with E-state index in [0.717, 1.165) is 21.5 Å². The monoisotopic (exact) mass is 646 g/mol. The van der Waals surface area contributed by atoms with E-state index in [1.807, 2.05) is 78.9 Å². The third-order valence-electron chi connectivity index (χ3n) is 7.57. The number of halogens is 2. The maximum atomic E-state index is 13.0. The average Bonchev–Trinajstić information content (AvgIpc) is 3.07. The van der Waals surface area contributed by atoms with E-state index >= 15 is 0 Å². The normalized spacial score (nSPS) is 11.2. The number of carbonyl (C=O) groups is 2. The largest absolute Gasteiger partial charge is 0.481 e. The van der Waals surface area contributed by atoms with E-state index in [9.17, 15) is 9.59 Å². The number of benzene rings is 7. The van der Waals surface area contributed by atoms with Crippen molar-refractivity contribution in [2.75, 3.05) is 13.2 Å². The third kappa shape index (κ3) is 5.76. The first-order valence-corrected chi connectivity index (χ1v) is 15.2. The van der Waals surface area contributed by atoms with Gasteiger partial charge in [-0.15, -0.1) is 0 Å². The number of hydrogen-bond donors (Lipinski definition) is 0. The van der Waals surface area contributed by atoms with E-state index in [-0.39, 0.29) is 6.61 Å². The van der Waals surface area contributed by atoms with Crippen molar-refractivity contribution in [3.05, 3.63) is 131 Å². The summed E-state index contributed by atoms with van der Waals surface area (Å²) in [6.07, 6.45) is 0. The Kier molecular flexibility index (Phi) is 8.06. The van der Waals surface area contributed by atoms with Gasteiger partial charge in [0.1, 0.15) is 23.0 Å². The maximum absolute atomic E-state index is 13.0. The van der Waals surface area contributed by atoms with Crippen LogP contribution in [0.2, 0.25) is 10.0 Å². The van der Waals surface area contributed by atoms with Crippen molar-refractivity contribution in [1.29, 1.82) is 0 Å². The zero-order chi connectivity index (χ0) is 31.6. The molecule has 0 saturated carbocycles. The van der Waals surface area contributed by atoms with Crippen molar-refractivity contribution >= 4 is 78.2 Å². The molecule has 0 aliphatic heterocycles. The lowest BCUT2D eigenvalue weighted by atomic mass is 10.0. The van der Waals surface area contributed by atoms with Crippen LogP contribution in [0, 0.1) is 0 Å². The average molecular weight is 648 g/mol. The highest BCUT2D eigenvalue weighted by Crippen LogP contribution is 2.46. The minimum absolute atomic E-state index is 0.332. The standard InChI is InChI=1S/C38H24Cl2O6/c39-25-18-19-28-30(20-25)38(44-22-35(42)46-33-17-6-11-24-9-2-4-13-27(24)33)36-29(14-7-15-31(36)40)37(28)43-21-34(41)45-32-16-5-10-23-8-1-3-12-26(23)32/h1-20H,21-22H2. The number of ether oxygens (including phenoxy) is 4. The van der Waals surface area contributed by atoms with Crippen molar-refractivity contribution in [2.45, 2.75) is 0 Å². The summed E-state index contributed by atoms with van der Waals surface area (Å²) in [5.41, 5.74) is 0.